The number of aromatic nitrogens is 3. The Morgan fingerprint density at radius 3 is 2.92 bits per heavy atom. The lowest BCUT2D eigenvalue weighted by Crippen LogP contribution is -2.41. The number of aryl methyl sites for hydroxylation is 1. The molecule has 0 amide bonds. The second kappa shape index (κ2) is 6.92. The first-order chi connectivity index (χ1) is 12.3. The Hall–Kier alpha value is -2.27. The van der Waals surface area contributed by atoms with Gasteiger partial charge in [-0.25, -0.2) is 0 Å². The molecule has 3 aromatic rings. The van der Waals surface area contributed by atoms with Crippen LogP contribution in [-0.4, -0.2) is 32.7 Å². The fourth-order valence-corrected chi connectivity index (χ4v) is 3.84. The molecule has 0 N–H and O–H groups in total. The third-order valence-electron chi connectivity index (χ3n) is 5.31. The van der Waals surface area contributed by atoms with E-state index in [1.165, 1.54) is 10.9 Å². The SMILES string of the molecule is CCc1nnc([C@H]2CCCN(Cc3cccc4cccnc34)[C@H]2C)o1. The van der Waals surface area contributed by atoms with Crippen molar-refractivity contribution >= 4 is 10.9 Å². The summed E-state index contributed by atoms with van der Waals surface area (Å²) in [6.45, 7) is 6.32. The highest BCUT2D eigenvalue weighted by Gasteiger charge is 2.32. The molecule has 0 spiro atoms. The Morgan fingerprint density at radius 2 is 2.08 bits per heavy atom. The smallest absolute Gasteiger partial charge is 0.221 e. The van der Waals surface area contributed by atoms with Gasteiger partial charge in [0.25, 0.3) is 0 Å². The predicted molar refractivity (Wildman–Crippen MR) is 97.3 cm³/mol. The maximum atomic E-state index is 5.85. The lowest BCUT2D eigenvalue weighted by atomic mass is 9.89. The summed E-state index contributed by atoms with van der Waals surface area (Å²) in [6.07, 6.45) is 4.92. The molecule has 2 atom stereocenters. The summed E-state index contributed by atoms with van der Waals surface area (Å²) < 4.78 is 5.85. The fourth-order valence-electron chi connectivity index (χ4n) is 3.84. The van der Waals surface area contributed by atoms with Gasteiger partial charge in [0.05, 0.1) is 11.4 Å². The quantitative estimate of drug-likeness (QED) is 0.722. The summed E-state index contributed by atoms with van der Waals surface area (Å²) in [5.41, 5.74) is 2.38. The first-order valence-corrected chi connectivity index (χ1v) is 9.15. The summed E-state index contributed by atoms with van der Waals surface area (Å²) in [5, 5.41) is 9.65. The lowest BCUT2D eigenvalue weighted by Gasteiger charge is -2.38. The van der Waals surface area contributed by atoms with E-state index in [1.807, 2.05) is 19.2 Å². The number of hydrogen-bond acceptors (Lipinski definition) is 5. The average Bonchev–Trinajstić information content (AvgIpc) is 3.13. The Morgan fingerprint density at radius 1 is 1.20 bits per heavy atom. The highest BCUT2D eigenvalue weighted by atomic mass is 16.4. The summed E-state index contributed by atoms with van der Waals surface area (Å²) in [6, 6.07) is 10.9. The Labute approximate surface area is 148 Å². The molecule has 1 fully saturated rings. The van der Waals surface area contributed by atoms with E-state index >= 15 is 0 Å². The monoisotopic (exact) mass is 336 g/mol. The Balaban J connectivity index is 1.57. The molecule has 0 bridgehead atoms. The van der Waals surface area contributed by atoms with Gasteiger partial charge >= 0.3 is 0 Å². The van der Waals surface area contributed by atoms with E-state index in [0.29, 0.717) is 12.0 Å². The van der Waals surface area contributed by atoms with Gasteiger partial charge in [-0.05, 0) is 37.9 Å². The lowest BCUT2D eigenvalue weighted by molar-refractivity contribution is 0.119. The van der Waals surface area contributed by atoms with Gasteiger partial charge in [-0.1, -0.05) is 31.2 Å². The van der Waals surface area contributed by atoms with Crippen LogP contribution >= 0.6 is 0 Å². The minimum absolute atomic E-state index is 0.310. The molecular weight excluding hydrogens is 312 g/mol. The van der Waals surface area contributed by atoms with E-state index in [2.05, 4.69) is 51.3 Å². The number of para-hydroxylation sites is 1. The maximum Gasteiger partial charge on any atom is 0.221 e. The van der Waals surface area contributed by atoms with Crippen molar-refractivity contribution in [2.75, 3.05) is 6.54 Å². The van der Waals surface area contributed by atoms with E-state index in [9.17, 15) is 0 Å². The molecule has 2 aromatic heterocycles. The van der Waals surface area contributed by atoms with E-state index in [1.54, 1.807) is 0 Å². The zero-order valence-corrected chi connectivity index (χ0v) is 14.9. The van der Waals surface area contributed by atoms with E-state index in [0.717, 1.165) is 49.7 Å². The Bertz CT molecular complexity index is 854. The number of hydrogen-bond donors (Lipinski definition) is 0. The summed E-state index contributed by atoms with van der Waals surface area (Å²) >= 11 is 0. The second-order valence-corrected chi connectivity index (χ2v) is 6.84. The number of pyridine rings is 1. The summed E-state index contributed by atoms with van der Waals surface area (Å²) in [4.78, 5) is 7.12. The van der Waals surface area contributed by atoms with Crippen LogP contribution < -0.4 is 0 Å². The average molecular weight is 336 g/mol. The van der Waals surface area contributed by atoms with Crippen LogP contribution in [-0.2, 0) is 13.0 Å². The molecule has 130 valence electrons. The van der Waals surface area contributed by atoms with Gasteiger partial charge in [-0.3, -0.25) is 9.88 Å². The van der Waals surface area contributed by atoms with Gasteiger partial charge in [0.1, 0.15) is 0 Å². The van der Waals surface area contributed by atoms with E-state index in [4.69, 9.17) is 4.42 Å². The van der Waals surface area contributed by atoms with Crippen molar-refractivity contribution in [2.45, 2.75) is 51.6 Å². The van der Waals surface area contributed by atoms with Gasteiger partial charge in [0.2, 0.25) is 11.8 Å². The van der Waals surface area contributed by atoms with Crippen molar-refractivity contribution in [1.29, 1.82) is 0 Å². The molecular formula is C20H24N4O. The molecule has 5 nitrogen and oxygen atoms in total. The minimum Gasteiger partial charge on any atom is -0.425 e. The van der Waals surface area contributed by atoms with Crippen LogP contribution in [0.2, 0.25) is 0 Å². The van der Waals surface area contributed by atoms with Crippen molar-refractivity contribution < 1.29 is 4.42 Å². The number of nitrogens with zero attached hydrogens (tertiary/aromatic N) is 4. The third-order valence-corrected chi connectivity index (χ3v) is 5.31. The zero-order valence-electron chi connectivity index (χ0n) is 14.9. The van der Waals surface area contributed by atoms with Crippen LogP contribution in [0, 0.1) is 0 Å². The van der Waals surface area contributed by atoms with Crippen LogP contribution in [0.1, 0.15) is 50.0 Å². The topological polar surface area (TPSA) is 55.1 Å². The Kier molecular flexibility index (Phi) is 4.49. The van der Waals surface area contributed by atoms with Gasteiger partial charge in [-0.2, -0.15) is 0 Å². The van der Waals surface area contributed by atoms with Gasteiger partial charge in [0, 0.05) is 30.6 Å². The number of fused-ring (bicyclic) bond motifs is 1. The fraction of sp³-hybridized carbons (Fsp3) is 0.450. The van der Waals surface area contributed by atoms with Crippen molar-refractivity contribution in [1.82, 2.24) is 20.1 Å². The molecule has 1 aliphatic rings. The predicted octanol–water partition coefficient (Wildman–Crippen LogP) is 3.95. The van der Waals surface area contributed by atoms with Crippen LogP contribution in [0.4, 0.5) is 0 Å². The molecule has 3 heterocycles. The number of benzene rings is 1. The van der Waals surface area contributed by atoms with Crippen LogP contribution in [0.5, 0.6) is 0 Å². The number of rotatable bonds is 4. The first-order valence-electron chi connectivity index (χ1n) is 9.15. The molecule has 5 heteroatoms. The molecule has 25 heavy (non-hydrogen) atoms. The summed E-state index contributed by atoms with van der Waals surface area (Å²) in [7, 11) is 0. The van der Waals surface area contributed by atoms with Crippen molar-refractivity contribution in [3.8, 4) is 0 Å². The van der Waals surface area contributed by atoms with Crippen LogP contribution in [0.3, 0.4) is 0 Å². The van der Waals surface area contributed by atoms with Gasteiger partial charge in [-0.15, -0.1) is 10.2 Å². The third kappa shape index (κ3) is 3.16. The highest BCUT2D eigenvalue weighted by Crippen LogP contribution is 2.33. The standard InChI is InChI=1S/C20H24N4O/c1-3-18-22-23-20(25-18)17-10-6-12-24(14(17)2)13-16-8-4-7-15-9-5-11-21-19(15)16/h4-5,7-9,11,14,17H,3,6,10,12-13H2,1-2H3/t14-,17-/m0/s1. The molecule has 4 rings (SSSR count). The normalized spacial score (nSPS) is 21.7. The molecule has 0 aliphatic carbocycles. The largest absolute Gasteiger partial charge is 0.425 e. The van der Waals surface area contributed by atoms with Crippen LogP contribution in [0.25, 0.3) is 10.9 Å². The number of piperidine rings is 1. The first kappa shape index (κ1) is 16.2. The number of likely N-dealkylation sites (tertiary alicyclic amines) is 1. The van der Waals surface area contributed by atoms with Crippen molar-refractivity contribution in [3.05, 3.63) is 53.9 Å². The molecule has 0 saturated carbocycles. The van der Waals surface area contributed by atoms with Crippen molar-refractivity contribution in [3.63, 3.8) is 0 Å². The molecule has 0 unspecified atom stereocenters. The molecule has 0 radical (unpaired) electrons. The summed E-state index contributed by atoms with van der Waals surface area (Å²) in [5.74, 6) is 1.84. The molecule has 1 aromatic carbocycles. The van der Waals surface area contributed by atoms with Gasteiger partial charge < -0.3 is 4.42 Å². The molecule has 1 aliphatic heterocycles. The van der Waals surface area contributed by atoms with Gasteiger partial charge in [0.15, 0.2) is 0 Å². The van der Waals surface area contributed by atoms with Crippen LogP contribution in [0.15, 0.2) is 40.9 Å². The van der Waals surface area contributed by atoms with E-state index in [-0.39, 0.29) is 0 Å². The molecule has 1 saturated heterocycles. The minimum atomic E-state index is 0.310. The highest BCUT2D eigenvalue weighted by molar-refractivity contribution is 5.81. The van der Waals surface area contributed by atoms with E-state index < -0.39 is 0 Å². The van der Waals surface area contributed by atoms with Crippen molar-refractivity contribution in [2.24, 2.45) is 0 Å². The zero-order chi connectivity index (χ0) is 17.2. The maximum absolute atomic E-state index is 5.85. The second-order valence-electron chi connectivity index (χ2n) is 6.84.